The van der Waals surface area contributed by atoms with Crippen molar-refractivity contribution in [2.45, 2.75) is 40.0 Å². The van der Waals surface area contributed by atoms with E-state index >= 15 is 0 Å². The molecule has 3 rings (SSSR count). The number of nitriles is 1. The molecular formula is C20H20BrFN2S. The Morgan fingerprint density at radius 2 is 2.16 bits per heavy atom. The van der Waals surface area contributed by atoms with Gasteiger partial charge in [0.1, 0.15) is 16.9 Å². The van der Waals surface area contributed by atoms with E-state index < -0.39 is 0 Å². The third-order valence-electron chi connectivity index (χ3n) is 4.86. The van der Waals surface area contributed by atoms with Gasteiger partial charge in [-0.15, -0.1) is 11.3 Å². The van der Waals surface area contributed by atoms with Crippen molar-refractivity contribution in [1.29, 1.82) is 5.26 Å². The molecule has 0 bridgehead atoms. The van der Waals surface area contributed by atoms with Gasteiger partial charge < -0.3 is 0 Å². The highest BCUT2D eigenvalue weighted by molar-refractivity contribution is 9.10. The van der Waals surface area contributed by atoms with Gasteiger partial charge >= 0.3 is 0 Å². The Hall–Kier alpha value is -1.51. The van der Waals surface area contributed by atoms with E-state index in [1.165, 1.54) is 16.5 Å². The van der Waals surface area contributed by atoms with Crippen molar-refractivity contribution in [2.75, 3.05) is 0 Å². The van der Waals surface area contributed by atoms with Crippen LogP contribution in [0.4, 0.5) is 9.39 Å². The minimum absolute atomic E-state index is 0.276. The Morgan fingerprint density at radius 3 is 2.80 bits per heavy atom. The highest BCUT2D eigenvalue weighted by Gasteiger charge is 2.32. The maximum atomic E-state index is 13.3. The summed E-state index contributed by atoms with van der Waals surface area (Å²) in [5.41, 5.74) is 2.97. The molecule has 0 radical (unpaired) electrons. The van der Waals surface area contributed by atoms with E-state index in [9.17, 15) is 9.65 Å². The van der Waals surface area contributed by atoms with Gasteiger partial charge in [0, 0.05) is 11.1 Å². The standard InChI is InChI=1S/C20H20BrFN2S/c1-20(2,3)13-5-6-14-15(10-23)19(25-18(14)9-13)24-11-12-4-7-17(22)16(21)8-12/h4,7-8,11,13H,5-6,9H2,1-3H3/t13-/m0/s1. The van der Waals surface area contributed by atoms with Crippen LogP contribution in [0.25, 0.3) is 0 Å². The number of hydrogen-bond donors (Lipinski definition) is 0. The van der Waals surface area contributed by atoms with Gasteiger partial charge in [-0.3, -0.25) is 0 Å². The zero-order chi connectivity index (χ0) is 18.2. The smallest absolute Gasteiger partial charge is 0.137 e. The van der Waals surface area contributed by atoms with Crippen molar-refractivity contribution in [3.8, 4) is 6.07 Å². The second kappa shape index (κ2) is 7.01. The lowest BCUT2D eigenvalue weighted by Crippen LogP contribution is -2.26. The van der Waals surface area contributed by atoms with Crippen LogP contribution in [0.5, 0.6) is 0 Å². The van der Waals surface area contributed by atoms with Crippen molar-refractivity contribution in [1.82, 2.24) is 0 Å². The monoisotopic (exact) mass is 418 g/mol. The molecular weight excluding hydrogens is 399 g/mol. The molecule has 1 aliphatic rings. The maximum absolute atomic E-state index is 13.3. The number of halogens is 2. The average molecular weight is 419 g/mol. The van der Waals surface area contributed by atoms with E-state index in [4.69, 9.17) is 0 Å². The summed E-state index contributed by atoms with van der Waals surface area (Å²) in [5, 5.41) is 10.4. The Bertz CT molecular complexity index is 871. The Labute approximate surface area is 160 Å². The van der Waals surface area contributed by atoms with Crippen molar-refractivity contribution in [2.24, 2.45) is 16.3 Å². The lowest BCUT2D eigenvalue weighted by atomic mass is 9.72. The van der Waals surface area contributed by atoms with Gasteiger partial charge in [0.2, 0.25) is 0 Å². The highest BCUT2D eigenvalue weighted by atomic mass is 79.9. The SMILES string of the molecule is CC(C)(C)[C@H]1CCc2c(sc(N=Cc3ccc(F)c(Br)c3)c2C#N)C1. The molecule has 25 heavy (non-hydrogen) atoms. The van der Waals surface area contributed by atoms with E-state index in [-0.39, 0.29) is 11.2 Å². The topological polar surface area (TPSA) is 36.1 Å². The fourth-order valence-electron chi connectivity index (χ4n) is 3.24. The van der Waals surface area contributed by atoms with Crippen LogP contribution < -0.4 is 0 Å². The van der Waals surface area contributed by atoms with Crippen molar-refractivity contribution in [3.63, 3.8) is 0 Å². The van der Waals surface area contributed by atoms with Gasteiger partial charge in [-0.05, 0) is 69.8 Å². The lowest BCUT2D eigenvalue weighted by Gasteiger charge is -2.33. The molecule has 5 heteroatoms. The number of rotatable bonds is 2. The molecule has 1 aromatic carbocycles. The summed E-state index contributed by atoms with van der Waals surface area (Å²) in [6, 6.07) is 7.12. The van der Waals surface area contributed by atoms with Crippen LogP contribution in [0.1, 0.15) is 48.8 Å². The summed E-state index contributed by atoms with van der Waals surface area (Å²) in [6.45, 7) is 6.85. The number of thiophene rings is 1. The first-order chi connectivity index (χ1) is 11.8. The molecule has 1 heterocycles. The van der Waals surface area contributed by atoms with E-state index in [2.05, 4.69) is 47.8 Å². The summed E-state index contributed by atoms with van der Waals surface area (Å²) in [6.07, 6.45) is 4.80. The molecule has 0 spiro atoms. The minimum Gasteiger partial charge on any atom is -0.244 e. The highest BCUT2D eigenvalue weighted by Crippen LogP contribution is 2.44. The zero-order valence-electron chi connectivity index (χ0n) is 14.6. The maximum Gasteiger partial charge on any atom is 0.137 e. The van der Waals surface area contributed by atoms with E-state index in [0.717, 1.165) is 29.8 Å². The van der Waals surface area contributed by atoms with Gasteiger partial charge in [0.15, 0.2) is 0 Å². The third-order valence-corrected chi connectivity index (χ3v) is 6.63. The van der Waals surface area contributed by atoms with Crippen molar-refractivity contribution in [3.05, 3.63) is 50.1 Å². The molecule has 0 saturated carbocycles. The molecule has 1 aliphatic carbocycles. The summed E-state index contributed by atoms with van der Waals surface area (Å²) < 4.78 is 13.7. The normalized spacial score (nSPS) is 17.5. The van der Waals surface area contributed by atoms with Crippen LogP contribution in [0.3, 0.4) is 0 Å². The molecule has 0 unspecified atom stereocenters. The quantitative estimate of drug-likeness (QED) is 0.517. The predicted molar refractivity (Wildman–Crippen MR) is 105 cm³/mol. The minimum atomic E-state index is -0.297. The summed E-state index contributed by atoms with van der Waals surface area (Å²) in [5.74, 6) is 0.338. The van der Waals surface area contributed by atoms with E-state index in [1.54, 1.807) is 29.7 Å². The molecule has 1 aromatic heterocycles. The Kier molecular flexibility index (Phi) is 5.13. The largest absolute Gasteiger partial charge is 0.244 e. The number of nitrogens with zero attached hydrogens (tertiary/aromatic N) is 2. The molecule has 0 aliphatic heterocycles. The van der Waals surface area contributed by atoms with Gasteiger partial charge in [0.05, 0.1) is 10.0 Å². The van der Waals surface area contributed by atoms with Gasteiger partial charge in [-0.2, -0.15) is 5.26 Å². The number of aliphatic imine (C=N–C) groups is 1. The van der Waals surface area contributed by atoms with Gasteiger partial charge in [-0.1, -0.05) is 26.8 Å². The Balaban J connectivity index is 1.91. The average Bonchev–Trinajstić information content (AvgIpc) is 2.91. The molecule has 0 fully saturated rings. The van der Waals surface area contributed by atoms with Crippen molar-refractivity contribution >= 4 is 38.5 Å². The third kappa shape index (κ3) is 3.86. The fourth-order valence-corrected chi connectivity index (χ4v) is 4.86. The van der Waals surface area contributed by atoms with Gasteiger partial charge in [0.25, 0.3) is 0 Å². The fraction of sp³-hybridized carbons (Fsp3) is 0.400. The van der Waals surface area contributed by atoms with Crippen LogP contribution >= 0.6 is 27.3 Å². The zero-order valence-corrected chi connectivity index (χ0v) is 17.0. The predicted octanol–water partition coefficient (Wildman–Crippen LogP) is 6.42. The Morgan fingerprint density at radius 1 is 1.40 bits per heavy atom. The molecule has 0 saturated heterocycles. The second-order valence-corrected chi connectivity index (χ2v) is 9.47. The summed E-state index contributed by atoms with van der Waals surface area (Å²) >= 11 is 4.81. The van der Waals surface area contributed by atoms with Crippen LogP contribution in [0.2, 0.25) is 0 Å². The number of hydrogen-bond acceptors (Lipinski definition) is 3. The summed E-state index contributed by atoms with van der Waals surface area (Å²) in [4.78, 5) is 5.84. The first kappa shape index (κ1) is 18.3. The van der Waals surface area contributed by atoms with Crippen LogP contribution in [-0.2, 0) is 12.8 Å². The van der Waals surface area contributed by atoms with Gasteiger partial charge in [-0.25, -0.2) is 9.38 Å². The second-order valence-electron chi connectivity index (χ2n) is 7.53. The first-order valence-electron chi connectivity index (χ1n) is 8.33. The molecule has 2 nitrogen and oxygen atoms in total. The first-order valence-corrected chi connectivity index (χ1v) is 9.94. The van der Waals surface area contributed by atoms with Crippen LogP contribution in [-0.4, -0.2) is 6.21 Å². The van der Waals surface area contributed by atoms with E-state index in [0.29, 0.717) is 16.0 Å². The van der Waals surface area contributed by atoms with Crippen LogP contribution in [0, 0.1) is 28.5 Å². The molecule has 0 N–H and O–H groups in total. The molecule has 2 aromatic rings. The van der Waals surface area contributed by atoms with Crippen molar-refractivity contribution < 1.29 is 4.39 Å². The van der Waals surface area contributed by atoms with E-state index in [1.807, 2.05) is 0 Å². The number of fused-ring (bicyclic) bond motifs is 1. The molecule has 0 amide bonds. The van der Waals surface area contributed by atoms with Crippen LogP contribution in [0.15, 0.2) is 27.7 Å². The molecule has 1 atom stereocenters. The summed E-state index contributed by atoms with van der Waals surface area (Å²) in [7, 11) is 0. The number of benzene rings is 1. The lowest BCUT2D eigenvalue weighted by molar-refractivity contribution is 0.218. The molecule has 130 valence electrons.